The SMILES string of the molecule is C/C=C/C=C/C(=O)OCCCC.[H-].[K+]. The Bertz CT molecular complexity index is 179. The van der Waals surface area contributed by atoms with E-state index in [0.29, 0.717) is 6.61 Å². The normalized spacial score (nSPS) is 10.3. The second-order valence-corrected chi connectivity index (χ2v) is 2.41. The maximum absolute atomic E-state index is 10.8. The maximum Gasteiger partial charge on any atom is 1.00 e. The molecule has 3 heteroatoms. The van der Waals surface area contributed by atoms with Gasteiger partial charge in [-0.3, -0.25) is 0 Å². The summed E-state index contributed by atoms with van der Waals surface area (Å²) in [6.45, 7) is 4.48. The van der Waals surface area contributed by atoms with Crippen molar-refractivity contribution in [3.8, 4) is 0 Å². The van der Waals surface area contributed by atoms with E-state index in [9.17, 15) is 4.79 Å². The first kappa shape index (κ1) is 16.0. The molecule has 0 aromatic rings. The fourth-order valence-electron chi connectivity index (χ4n) is 0.610. The largest absolute Gasteiger partial charge is 1.00 e. The summed E-state index contributed by atoms with van der Waals surface area (Å²) in [6.07, 6.45) is 8.73. The number of hydrogen-bond acceptors (Lipinski definition) is 2. The van der Waals surface area contributed by atoms with E-state index in [2.05, 4.69) is 6.92 Å². The summed E-state index contributed by atoms with van der Waals surface area (Å²) in [5.74, 6) is -0.262. The number of carbonyl (C=O) groups excluding carboxylic acids is 1. The van der Waals surface area contributed by atoms with Crippen LogP contribution in [0.5, 0.6) is 0 Å². The van der Waals surface area contributed by atoms with Gasteiger partial charge in [-0.25, -0.2) is 4.79 Å². The van der Waals surface area contributed by atoms with E-state index in [1.165, 1.54) is 6.08 Å². The zero-order chi connectivity index (χ0) is 9.23. The Balaban J connectivity index is -0.000000605. The van der Waals surface area contributed by atoms with Crippen LogP contribution in [0.25, 0.3) is 0 Å². The van der Waals surface area contributed by atoms with Gasteiger partial charge in [-0.15, -0.1) is 0 Å². The molecule has 0 saturated carbocycles. The molecule has 0 rings (SSSR count). The van der Waals surface area contributed by atoms with Gasteiger partial charge in [0.05, 0.1) is 6.61 Å². The van der Waals surface area contributed by atoms with Gasteiger partial charge in [0.2, 0.25) is 0 Å². The first-order valence-electron chi connectivity index (χ1n) is 4.27. The predicted octanol–water partition coefficient (Wildman–Crippen LogP) is -0.421. The molecule has 0 aliphatic rings. The van der Waals surface area contributed by atoms with Gasteiger partial charge in [-0.2, -0.15) is 0 Å². The fourth-order valence-corrected chi connectivity index (χ4v) is 0.610. The van der Waals surface area contributed by atoms with Gasteiger partial charge in [0.25, 0.3) is 0 Å². The van der Waals surface area contributed by atoms with E-state index in [1.54, 1.807) is 12.2 Å². The molecule has 0 saturated heterocycles. The molecule has 0 atom stereocenters. The molecule has 0 unspecified atom stereocenters. The minimum Gasteiger partial charge on any atom is -1.00 e. The Kier molecular flexibility index (Phi) is 15.5. The molecule has 0 amide bonds. The van der Waals surface area contributed by atoms with Crippen LogP contribution in [0.15, 0.2) is 24.3 Å². The van der Waals surface area contributed by atoms with Crippen LogP contribution in [0.2, 0.25) is 0 Å². The number of ether oxygens (including phenoxy) is 1. The molecule has 0 spiro atoms. The molecule has 0 fully saturated rings. The topological polar surface area (TPSA) is 26.3 Å². The minimum absolute atomic E-state index is 0. The van der Waals surface area contributed by atoms with Crippen molar-refractivity contribution < 1.29 is 62.3 Å². The van der Waals surface area contributed by atoms with Crippen LogP contribution in [0.1, 0.15) is 28.1 Å². The van der Waals surface area contributed by atoms with Crippen LogP contribution >= 0.6 is 0 Å². The van der Waals surface area contributed by atoms with Crippen molar-refractivity contribution >= 4 is 5.97 Å². The van der Waals surface area contributed by atoms with Crippen molar-refractivity contribution in [2.45, 2.75) is 26.7 Å². The third-order valence-corrected chi connectivity index (χ3v) is 1.28. The van der Waals surface area contributed by atoms with Crippen LogP contribution in [-0.4, -0.2) is 12.6 Å². The van der Waals surface area contributed by atoms with E-state index in [4.69, 9.17) is 4.74 Å². The van der Waals surface area contributed by atoms with E-state index in [-0.39, 0.29) is 58.8 Å². The molecule has 2 nitrogen and oxygen atoms in total. The second-order valence-electron chi connectivity index (χ2n) is 2.41. The molecular weight excluding hydrogens is 191 g/mol. The Hall–Kier alpha value is 0.586. The fraction of sp³-hybridized carbons (Fsp3) is 0.500. The summed E-state index contributed by atoms with van der Waals surface area (Å²) in [5.41, 5.74) is 0. The van der Waals surface area contributed by atoms with Gasteiger partial charge in [0, 0.05) is 6.08 Å². The molecule has 0 aliphatic carbocycles. The number of rotatable bonds is 5. The molecule has 0 aromatic carbocycles. The molecule has 0 aromatic heterocycles. The zero-order valence-electron chi connectivity index (χ0n) is 9.75. The quantitative estimate of drug-likeness (QED) is 0.202. The average Bonchev–Trinajstić information content (AvgIpc) is 2.06. The van der Waals surface area contributed by atoms with Gasteiger partial charge >= 0.3 is 57.4 Å². The third kappa shape index (κ3) is 12.6. The molecule has 13 heavy (non-hydrogen) atoms. The Labute approximate surface area is 124 Å². The van der Waals surface area contributed by atoms with Gasteiger partial charge < -0.3 is 6.16 Å². The van der Waals surface area contributed by atoms with Crippen LogP contribution in [0, 0.1) is 0 Å². The van der Waals surface area contributed by atoms with Gasteiger partial charge in [-0.05, 0) is 13.3 Å². The van der Waals surface area contributed by atoms with E-state index < -0.39 is 0 Å². The molecule has 0 bridgehead atoms. The van der Waals surface area contributed by atoms with Crippen molar-refractivity contribution in [2.24, 2.45) is 0 Å². The van der Waals surface area contributed by atoms with Crippen molar-refractivity contribution in [1.29, 1.82) is 0 Å². The van der Waals surface area contributed by atoms with Crippen LogP contribution in [0.3, 0.4) is 0 Å². The number of allylic oxidation sites excluding steroid dienone is 3. The average molecular weight is 208 g/mol. The zero-order valence-corrected chi connectivity index (χ0v) is 11.9. The van der Waals surface area contributed by atoms with Gasteiger partial charge in [-0.1, -0.05) is 31.6 Å². The molecular formula is C10H17KO2. The van der Waals surface area contributed by atoms with E-state index in [1.807, 2.05) is 13.0 Å². The molecule has 0 aliphatic heterocycles. The van der Waals surface area contributed by atoms with Gasteiger partial charge in [0.15, 0.2) is 0 Å². The minimum atomic E-state index is -0.262. The number of unbranched alkanes of at least 4 members (excludes halogenated alkanes) is 1. The first-order valence-corrected chi connectivity index (χ1v) is 4.27. The van der Waals surface area contributed by atoms with Crippen molar-refractivity contribution in [2.75, 3.05) is 6.61 Å². The van der Waals surface area contributed by atoms with Gasteiger partial charge in [0.1, 0.15) is 0 Å². The summed E-state index contributed by atoms with van der Waals surface area (Å²) in [5, 5.41) is 0. The van der Waals surface area contributed by atoms with E-state index >= 15 is 0 Å². The summed E-state index contributed by atoms with van der Waals surface area (Å²) < 4.78 is 4.87. The smallest absolute Gasteiger partial charge is 1.00 e. The van der Waals surface area contributed by atoms with Crippen LogP contribution in [0.4, 0.5) is 0 Å². The standard InChI is InChI=1S/C10H16O2.K.H/c1-3-5-7-8-10(11)12-9-6-4-2;;/h3,5,7-8H,4,6,9H2,1-2H3;;/q;+1;-1/b5-3+,8-7+;;. The number of esters is 1. The van der Waals surface area contributed by atoms with E-state index in [0.717, 1.165) is 12.8 Å². The summed E-state index contributed by atoms with van der Waals surface area (Å²) in [6, 6.07) is 0. The van der Waals surface area contributed by atoms with Crippen LogP contribution in [-0.2, 0) is 9.53 Å². The van der Waals surface area contributed by atoms with Crippen molar-refractivity contribution in [3.63, 3.8) is 0 Å². The Morgan fingerprint density at radius 2 is 2.15 bits per heavy atom. The maximum atomic E-state index is 10.8. The number of hydrogen-bond donors (Lipinski definition) is 0. The second kappa shape index (κ2) is 12.6. The third-order valence-electron chi connectivity index (χ3n) is 1.28. The summed E-state index contributed by atoms with van der Waals surface area (Å²) in [4.78, 5) is 10.8. The number of carbonyl (C=O) groups is 1. The molecule has 70 valence electrons. The molecule has 0 heterocycles. The summed E-state index contributed by atoms with van der Waals surface area (Å²) in [7, 11) is 0. The monoisotopic (exact) mass is 208 g/mol. The van der Waals surface area contributed by atoms with Crippen molar-refractivity contribution in [3.05, 3.63) is 24.3 Å². The van der Waals surface area contributed by atoms with Crippen LogP contribution < -0.4 is 51.4 Å². The predicted molar refractivity (Wildman–Crippen MR) is 50.9 cm³/mol. The molecule has 0 N–H and O–H groups in total. The summed E-state index contributed by atoms with van der Waals surface area (Å²) >= 11 is 0. The van der Waals surface area contributed by atoms with Crippen molar-refractivity contribution in [1.82, 2.24) is 0 Å². The first-order chi connectivity index (χ1) is 5.81. The Morgan fingerprint density at radius 3 is 2.69 bits per heavy atom. The molecule has 0 radical (unpaired) electrons. The Morgan fingerprint density at radius 1 is 1.46 bits per heavy atom.